The Morgan fingerprint density at radius 3 is 2.90 bits per heavy atom. The fourth-order valence-corrected chi connectivity index (χ4v) is 2.70. The number of carboxylic acids is 1. The first-order valence-corrected chi connectivity index (χ1v) is 7.07. The molecule has 1 atom stereocenters. The Hall–Kier alpha value is -2.37. The third-order valence-electron chi connectivity index (χ3n) is 3.90. The van der Waals surface area contributed by atoms with Gasteiger partial charge in [0.25, 0.3) is 0 Å². The summed E-state index contributed by atoms with van der Waals surface area (Å²) in [5.74, 6) is -0.444. The molecular formula is C15H17N3O3. The van der Waals surface area contributed by atoms with Crippen LogP contribution in [0.2, 0.25) is 0 Å². The van der Waals surface area contributed by atoms with Gasteiger partial charge in [0.05, 0.1) is 17.0 Å². The number of aryl methyl sites for hydroxylation is 1. The second-order valence-electron chi connectivity index (χ2n) is 5.36. The number of benzene rings is 1. The van der Waals surface area contributed by atoms with E-state index in [0.29, 0.717) is 32.4 Å². The Labute approximate surface area is 121 Å². The Morgan fingerprint density at radius 2 is 2.19 bits per heavy atom. The minimum absolute atomic E-state index is 0.000735. The van der Waals surface area contributed by atoms with Crippen molar-refractivity contribution in [1.82, 2.24) is 14.9 Å². The van der Waals surface area contributed by atoms with E-state index >= 15 is 0 Å². The molecule has 0 aliphatic carbocycles. The summed E-state index contributed by atoms with van der Waals surface area (Å²) < 4.78 is 0. The van der Waals surface area contributed by atoms with Crippen molar-refractivity contribution in [2.24, 2.45) is 5.92 Å². The van der Waals surface area contributed by atoms with Crippen LogP contribution in [0.15, 0.2) is 24.3 Å². The van der Waals surface area contributed by atoms with E-state index in [4.69, 9.17) is 5.11 Å². The largest absolute Gasteiger partial charge is 0.481 e. The predicted octanol–water partition coefficient (Wildman–Crippen LogP) is 1.43. The molecule has 1 aliphatic rings. The number of fused-ring (bicyclic) bond motifs is 1. The molecule has 1 saturated heterocycles. The van der Waals surface area contributed by atoms with Crippen LogP contribution >= 0.6 is 0 Å². The Kier molecular flexibility index (Phi) is 3.60. The van der Waals surface area contributed by atoms with E-state index in [1.165, 1.54) is 0 Å². The minimum Gasteiger partial charge on any atom is -0.481 e. The Morgan fingerprint density at radius 1 is 1.38 bits per heavy atom. The van der Waals surface area contributed by atoms with Gasteiger partial charge in [-0.3, -0.25) is 9.59 Å². The molecule has 1 fully saturated rings. The van der Waals surface area contributed by atoms with Gasteiger partial charge in [-0.2, -0.15) is 0 Å². The number of carbonyl (C=O) groups is 2. The zero-order valence-electron chi connectivity index (χ0n) is 11.6. The quantitative estimate of drug-likeness (QED) is 0.890. The van der Waals surface area contributed by atoms with Crippen molar-refractivity contribution in [3.63, 3.8) is 0 Å². The van der Waals surface area contributed by atoms with Crippen LogP contribution in [0.4, 0.5) is 0 Å². The van der Waals surface area contributed by atoms with E-state index in [0.717, 1.165) is 16.9 Å². The van der Waals surface area contributed by atoms with Crippen molar-refractivity contribution < 1.29 is 14.7 Å². The highest BCUT2D eigenvalue weighted by Crippen LogP contribution is 2.18. The highest BCUT2D eigenvalue weighted by atomic mass is 16.4. The number of carbonyl (C=O) groups excluding carboxylic acids is 1. The molecule has 1 aromatic carbocycles. The number of aliphatic carboxylic acids is 1. The van der Waals surface area contributed by atoms with Crippen LogP contribution in [0, 0.1) is 5.92 Å². The molecule has 1 unspecified atom stereocenters. The summed E-state index contributed by atoms with van der Waals surface area (Å²) in [5.41, 5.74) is 1.86. The zero-order valence-corrected chi connectivity index (χ0v) is 11.6. The highest BCUT2D eigenvalue weighted by molar-refractivity contribution is 5.79. The van der Waals surface area contributed by atoms with Crippen LogP contribution in [0.25, 0.3) is 11.0 Å². The molecule has 0 saturated carbocycles. The zero-order chi connectivity index (χ0) is 14.8. The number of amides is 1. The number of carboxylic acid groups (broad SMARTS) is 1. The molecule has 1 amide bonds. The second-order valence-corrected chi connectivity index (χ2v) is 5.36. The summed E-state index contributed by atoms with van der Waals surface area (Å²) in [5, 5.41) is 8.95. The lowest BCUT2D eigenvalue weighted by atomic mass is 10.1. The molecule has 21 heavy (non-hydrogen) atoms. The van der Waals surface area contributed by atoms with Gasteiger partial charge in [0, 0.05) is 25.9 Å². The molecule has 2 heterocycles. The lowest BCUT2D eigenvalue weighted by Gasteiger charge is -2.15. The standard InChI is InChI=1S/C15H17N3O3/c19-14(18-8-7-10(9-18)15(20)21)6-5-13-16-11-3-1-2-4-12(11)17-13/h1-4,10H,5-9H2,(H,16,17)(H,20,21). The summed E-state index contributed by atoms with van der Waals surface area (Å²) >= 11 is 0. The van der Waals surface area contributed by atoms with E-state index in [1.54, 1.807) is 4.90 Å². The predicted molar refractivity (Wildman–Crippen MR) is 76.7 cm³/mol. The molecule has 2 N–H and O–H groups in total. The Balaban J connectivity index is 1.57. The van der Waals surface area contributed by atoms with Crippen LogP contribution in [0.3, 0.4) is 0 Å². The SMILES string of the molecule is O=C(O)C1CCN(C(=O)CCc2nc3ccccc3[nH]2)C1. The smallest absolute Gasteiger partial charge is 0.308 e. The monoisotopic (exact) mass is 287 g/mol. The van der Waals surface area contributed by atoms with Gasteiger partial charge in [-0.15, -0.1) is 0 Å². The molecule has 6 nitrogen and oxygen atoms in total. The normalized spacial score (nSPS) is 18.3. The van der Waals surface area contributed by atoms with Crippen LogP contribution < -0.4 is 0 Å². The number of aromatic amines is 1. The summed E-state index contributed by atoms with van der Waals surface area (Å²) in [4.78, 5) is 32.3. The van der Waals surface area contributed by atoms with Gasteiger partial charge < -0.3 is 15.0 Å². The van der Waals surface area contributed by atoms with Gasteiger partial charge in [-0.25, -0.2) is 4.98 Å². The third kappa shape index (κ3) is 2.89. The molecule has 0 bridgehead atoms. The first kappa shape index (κ1) is 13.6. The fourth-order valence-electron chi connectivity index (χ4n) is 2.70. The van der Waals surface area contributed by atoms with Crippen LogP contribution in [-0.4, -0.2) is 44.9 Å². The fraction of sp³-hybridized carbons (Fsp3) is 0.400. The number of rotatable bonds is 4. The van der Waals surface area contributed by atoms with Gasteiger partial charge in [0.15, 0.2) is 0 Å². The number of nitrogens with one attached hydrogen (secondary N) is 1. The second kappa shape index (κ2) is 5.55. The van der Waals surface area contributed by atoms with Crippen molar-refractivity contribution in [2.45, 2.75) is 19.3 Å². The number of hydrogen-bond acceptors (Lipinski definition) is 3. The van der Waals surface area contributed by atoms with Crippen LogP contribution in [-0.2, 0) is 16.0 Å². The maximum atomic E-state index is 12.1. The lowest BCUT2D eigenvalue weighted by Crippen LogP contribution is -2.30. The van der Waals surface area contributed by atoms with Gasteiger partial charge >= 0.3 is 5.97 Å². The van der Waals surface area contributed by atoms with E-state index in [9.17, 15) is 9.59 Å². The van der Waals surface area contributed by atoms with E-state index in [1.807, 2.05) is 24.3 Å². The van der Waals surface area contributed by atoms with Crippen molar-refractivity contribution in [2.75, 3.05) is 13.1 Å². The molecule has 3 rings (SSSR count). The summed E-state index contributed by atoms with van der Waals surface area (Å²) in [6, 6.07) is 7.74. The average Bonchev–Trinajstić information content (AvgIpc) is 3.11. The van der Waals surface area contributed by atoms with Crippen LogP contribution in [0.5, 0.6) is 0 Å². The molecule has 0 radical (unpaired) electrons. The first-order chi connectivity index (χ1) is 10.1. The number of hydrogen-bond donors (Lipinski definition) is 2. The van der Waals surface area contributed by atoms with Crippen molar-refractivity contribution in [1.29, 1.82) is 0 Å². The molecular weight excluding hydrogens is 270 g/mol. The summed E-state index contributed by atoms with van der Waals surface area (Å²) in [6.45, 7) is 0.865. The van der Waals surface area contributed by atoms with Gasteiger partial charge in [-0.1, -0.05) is 12.1 Å². The van der Waals surface area contributed by atoms with Gasteiger partial charge in [0.1, 0.15) is 5.82 Å². The van der Waals surface area contributed by atoms with Crippen molar-refractivity contribution in [3.05, 3.63) is 30.1 Å². The number of aromatic nitrogens is 2. The summed E-state index contributed by atoms with van der Waals surface area (Å²) in [7, 11) is 0. The lowest BCUT2D eigenvalue weighted by molar-refractivity contribution is -0.141. The number of para-hydroxylation sites is 2. The van der Waals surface area contributed by atoms with E-state index in [2.05, 4.69) is 9.97 Å². The average molecular weight is 287 g/mol. The first-order valence-electron chi connectivity index (χ1n) is 7.07. The van der Waals surface area contributed by atoms with Crippen molar-refractivity contribution >= 4 is 22.9 Å². The number of nitrogens with zero attached hydrogens (tertiary/aromatic N) is 2. The third-order valence-corrected chi connectivity index (χ3v) is 3.90. The summed E-state index contributed by atoms with van der Waals surface area (Å²) in [6.07, 6.45) is 1.44. The number of imidazole rings is 1. The van der Waals surface area contributed by atoms with Crippen molar-refractivity contribution in [3.8, 4) is 0 Å². The van der Waals surface area contributed by atoms with Gasteiger partial charge in [-0.05, 0) is 18.6 Å². The molecule has 1 aliphatic heterocycles. The topological polar surface area (TPSA) is 86.3 Å². The van der Waals surface area contributed by atoms with E-state index < -0.39 is 11.9 Å². The maximum Gasteiger partial charge on any atom is 0.308 e. The molecule has 1 aromatic heterocycles. The maximum absolute atomic E-state index is 12.1. The van der Waals surface area contributed by atoms with Gasteiger partial charge in [0.2, 0.25) is 5.91 Å². The molecule has 0 spiro atoms. The molecule has 2 aromatic rings. The Bertz CT molecular complexity index is 647. The minimum atomic E-state index is -0.817. The number of H-pyrrole nitrogens is 1. The number of likely N-dealkylation sites (tertiary alicyclic amines) is 1. The molecule has 6 heteroatoms. The highest BCUT2D eigenvalue weighted by Gasteiger charge is 2.30. The molecule has 110 valence electrons. The van der Waals surface area contributed by atoms with Crippen LogP contribution in [0.1, 0.15) is 18.7 Å². The van der Waals surface area contributed by atoms with E-state index in [-0.39, 0.29) is 5.91 Å².